The number of pyridine rings is 2. The number of nitrogens with zero attached hydrogens (tertiary/aromatic N) is 3. The summed E-state index contributed by atoms with van der Waals surface area (Å²) in [6.07, 6.45) is 2.24. The zero-order valence-corrected chi connectivity index (χ0v) is 18.8. The number of aryl methyl sites for hydroxylation is 1. The molecule has 0 spiro atoms. The van der Waals surface area contributed by atoms with Crippen molar-refractivity contribution >= 4 is 11.8 Å². The summed E-state index contributed by atoms with van der Waals surface area (Å²) in [5, 5.41) is 0. The van der Waals surface area contributed by atoms with Gasteiger partial charge in [0.15, 0.2) is 0 Å². The summed E-state index contributed by atoms with van der Waals surface area (Å²) in [5.74, 6) is -0.0313. The normalized spacial score (nSPS) is 12.7. The highest BCUT2D eigenvalue weighted by Crippen LogP contribution is 2.28. The predicted octanol–water partition coefficient (Wildman–Crippen LogP) is 5.18. The Morgan fingerprint density at radius 1 is 0.794 bits per heavy atom. The molecule has 0 unspecified atom stereocenters. The number of hydrogen-bond donors (Lipinski definition) is 0. The Labute approximate surface area is 197 Å². The van der Waals surface area contributed by atoms with Crippen LogP contribution in [0, 0.1) is 6.92 Å². The lowest BCUT2D eigenvalue weighted by Crippen LogP contribution is -2.31. The quantitative estimate of drug-likeness (QED) is 0.287. The van der Waals surface area contributed by atoms with Crippen molar-refractivity contribution in [2.24, 2.45) is 0 Å². The molecular weight excluding hydrogens is 426 g/mol. The highest BCUT2D eigenvalue weighted by Gasteiger charge is 2.34. The van der Waals surface area contributed by atoms with Crippen molar-refractivity contribution in [2.45, 2.75) is 13.3 Å². The maximum Gasteiger partial charge on any atom is 0.261 e. The van der Waals surface area contributed by atoms with E-state index < -0.39 is 0 Å². The molecule has 0 radical (unpaired) electrons. The summed E-state index contributed by atoms with van der Waals surface area (Å²) in [5.41, 5.74) is 5.61. The van der Waals surface area contributed by atoms with Crippen LogP contribution in [0.4, 0.5) is 0 Å². The zero-order chi connectivity index (χ0) is 23.5. The molecule has 4 aromatic rings. The van der Waals surface area contributed by atoms with Crippen LogP contribution in [0.3, 0.4) is 0 Å². The van der Waals surface area contributed by atoms with Gasteiger partial charge in [0.25, 0.3) is 11.8 Å². The van der Waals surface area contributed by atoms with Crippen LogP contribution in [0.5, 0.6) is 5.88 Å². The maximum atomic E-state index is 12.5. The molecule has 0 fully saturated rings. The van der Waals surface area contributed by atoms with E-state index >= 15 is 0 Å². The standard InChI is InChI=1S/C28H23N3O3/c1-19-10-12-20(13-11-19)21-17-25(24-9-4-5-14-29-24)30-26(18-21)34-16-6-15-31-27(32)22-7-2-3-8-23(22)28(31)33/h2-5,7-14,17-18H,6,15-16H2,1H3. The van der Waals surface area contributed by atoms with E-state index in [0.29, 0.717) is 35.7 Å². The molecule has 3 heterocycles. The fraction of sp³-hybridized carbons (Fsp3) is 0.143. The Morgan fingerprint density at radius 2 is 1.50 bits per heavy atom. The van der Waals surface area contributed by atoms with Crippen molar-refractivity contribution in [3.05, 3.63) is 102 Å². The number of benzene rings is 2. The Kier molecular flexibility index (Phi) is 5.87. The molecule has 2 amide bonds. The molecule has 168 valence electrons. The average Bonchev–Trinajstić information content (AvgIpc) is 3.12. The van der Waals surface area contributed by atoms with E-state index in [4.69, 9.17) is 4.74 Å². The molecule has 0 saturated carbocycles. The number of carbonyl (C=O) groups excluding carboxylic acids is 2. The van der Waals surface area contributed by atoms with Gasteiger partial charge in [-0.15, -0.1) is 0 Å². The number of fused-ring (bicyclic) bond motifs is 1. The first kappa shape index (κ1) is 21.5. The molecule has 0 N–H and O–H groups in total. The first-order valence-electron chi connectivity index (χ1n) is 11.2. The third kappa shape index (κ3) is 4.30. The van der Waals surface area contributed by atoms with E-state index in [0.717, 1.165) is 16.8 Å². The van der Waals surface area contributed by atoms with E-state index in [9.17, 15) is 9.59 Å². The summed E-state index contributed by atoms with van der Waals surface area (Å²) < 4.78 is 5.97. The van der Waals surface area contributed by atoms with Gasteiger partial charge in [-0.2, -0.15) is 0 Å². The number of amides is 2. The third-order valence-electron chi connectivity index (χ3n) is 5.77. The van der Waals surface area contributed by atoms with Gasteiger partial charge in [0.05, 0.1) is 29.1 Å². The van der Waals surface area contributed by atoms with Crippen LogP contribution in [0.15, 0.2) is 85.1 Å². The largest absolute Gasteiger partial charge is 0.478 e. The molecule has 2 aromatic carbocycles. The van der Waals surface area contributed by atoms with Crippen LogP contribution in [0.2, 0.25) is 0 Å². The minimum atomic E-state index is -0.252. The smallest absolute Gasteiger partial charge is 0.261 e. The number of hydrogen-bond acceptors (Lipinski definition) is 5. The van der Waals surface area contributed by atoms with Gasteiger partial charge < -0.3 is 4.74 Å². The predicted molar refractivity (Wildman–Crippen MR) is 130 cm³/mol. The summed E-state index contributed by atoms with van der Waals surface area (Å²) in [6, 6.07) is 24.8. The van der Waals surface area contributed by atoms with Gasteiger partial charge in [-0.1, -0.05) is 48.0 Å². The minimum Gasteiger partial charge on any atom is -0.478 e. The summed E-state index contributed by atoms with van der Waals surface area (Å²) in [6.45, 7) is 2.66. The number of carbonyl (C=O) groups is 2. The molecule has 6 nitrogen and oxygen atoms in total. The summed E-state index contributed by atoms with van der Waals surface area (Å²) in [4.78, 5) is 35.4. The molecule has 0 bridgehead atoms. The van der Waals surface area contributed by atoms with Crippen LogP contribution in [0.1, 0.15) is 32.7 Å². The summed E-state index contributed by atoms with van der Waals surface area (Å²) >= 11 is 0. The average molecular weight is 450 g/mol. The minimum absolute atomic E-state index is 0.252. The van der Waals surface area contributed by atoms with Gasteiger partial charge in [0, 0.05) is 18.8 Å². The van der Waals surface area contributed by atoms with Gasteiger partial charge in [-0.05, 0) is 54.8 Å². The lowest BCUT2D eigenvalue weighted by atomic mass is 10.0. The van der Waals surface area contributed by atoms with Gasteiger partial charge in [0.2, 0.25) is 5.88 Å². The molecular formula is C28H23N3O3. The second kappa shape index (κ2) is 9.27. The van der Waals surface area contributed by atoms with Gasteiger partial charge in [-0.25, -0.2) is 4.98 Å². The molecule has 1 aliphatic rings. The summed E-state index contributed by atoms with van der Waals surface area (Å²) in [7, 11) is 0. The van der Waals surface area contributed by atoms with Gasteiger partial charge >= 0.3 is 0 Å². The lowest BCUT2D eigenvalue weighted by molar-refractivity contribution is 0.0646. The van der Waals surface area contributed by atoms with Crippen LogP contribution >= 0.6 is 0 Å². The zero-order valence-electron chi connectivity index (χ0n) is 18.8. The monoisotopic (exact) mass is 449 g/mol. The van der Waals surface area contributed by atoms with Crippen molar-refractivity contribution in [3.63, 3.8) is 0 Å². The number of ether oxygens (including phenoxy) is 1. The Hall–Kier alpha value is -4.32. The maximum absolute atomic E-state index is 12.5. The molecule has 0 atom stereocenters. The van der Waals surface area contributed by atoms with E-state index in [-0.39, 0.29) is 18.4 Å². The van der Waals surface area contributed by atoms with Crippen LogP contribution in [0.25, 0.3) is 22.5 Å². The molecule has 6 heteroatoms. The fourth-order valence-electron chi connectivity index (χ4n) is 3.98. The van der Waals surface area contributed by atoms with Crippen molar-refractivity contribution in [3.8, 4) is 28.4 Å². The highest BCUT2D eigenvalue weighted by molar-refractivity contribution is 6.21. The van der Waals surface area contributed by atoms with E-state index in [1.54, 1.807) is 30.5 Å². The highest BCUT2D eigenvalue weighted by atomic mass is 16.5. The lowest BCUT2D eigenvalue weighted by Gasteiger charge is -2.14. The second-order valence-corrected chi connectivity index (χ2v) is 8.17. The number of imide groups is 1. The second-order valence-electron chi connectivity index (χ2n) is 8.17. The van der Waals surface area contributed by atoms with Crippen molar-refractivity contribution < 1.29 is 14.3 Å². The third-order valence-corrected chi connectivity index (χ3v) is 5.77. The molecule has 5 rings (SSSR count). The van der Waals surface area contributed by atoms with Crippen molar-refractivity contribution in [2.75, 3.05) is 13.2 Å². The Morgan fingerprint density at radius 3 is 2.18 bits per heavy atom. The molecule has 1 aliphatic heterocycles. The topological polar surface area (TPSA) is 72.4 Å². The first-order chi connectivity index (χ1) is 16.6. The van der Waals surface area contributed by atoms with Crippen LogP contribution in [-0.4, -0.2) is 39.8 Å². The van der Waals surface area contributed by atoms with E-state index in [2.05, 4.69) is 41.2 Å². The van der Waals surface area contributed by atoms with E-state index in [1.807, 2.05) is 30.3 Å². The number of rotatable bonds is 7. The molecule has 0 saturated heterocycles. The van der Waals surface area contributed by atoms with Crippen molar-refractivity contribution in [1.82, 2.24) is 14.9 Å². The van der Waals surface area contributed by atoms with Crippen LogP contribution < -0.4 is 4.74 Å². The van der Waals surface area contributed by atoms with Crippen LogP contribution in [-0.2, 0) is 0 Å². The fourth-order valence-corrected chi connectivity index (χ4v) is 3.98. The Balaban J connectivity index is 1.31. The first-order valence-corrected chi connectivity index (χ1v) is 11.2. The Bertz CT molecular complexity index is 1320. The van der Waals surface area contributed by atoms with E-state index in [1.165, 1.54) is 10.5 Å². The molecule has 0 aliphatic carbocycles. The number of aromatic nitrogens is 2. The van der Waals surface area contributed by atoms with Gasteiger partial charge in [0.1, 0.15) is 0 Å². The van der Waals surface area contributed by atoms with Crippen molar-refractivity contribution in [1.29, 1.82) is 0 Å². The SMILES string of the molecule is Cc1ccc(-c2cc(OCCCN3C(=O)c4ccccc4C3=O)nc(-c3ccccn3)c2)cc1. The molecule has 2 aromatic heterocycles. The molecule has 34 heavy (non-hydrogen) atoms. The van der Waals surface area contributed by atoms with Gasteiger partial charge in [-0.3, -0.25) is 19.5 Å².